The summed E-state index contributed by atoms with van der Waals surface area (Å²) in [7, 11) is 5.07. The van der Waals surface area contributed by atoms with Gasteiger partial charge in [0.05, 0.1) is 7.11 Å². The van der Waals surface area contributed by atoms with Gasteiger partial charge in [-0.05, 0) is 19.1 Å². The van der Waals surface area contributed by atoms with Crippen LogP contribution in [0.4, 0.5) is 5.69 Å². The zero-order valence-corrected chi connectivity index (χ0v) is 11.1. The van der Waals surface area contributed by atoms with Crippen molar-refractivity contribution >= 4 is 11.7 Å². The molecule has 1 aromatic rings. The second-order valence-electron chi connectivity index (χ2n) is 4.45. The molecule has 5 nitrogen and oxygen atoms in total. The fraction of sp³-hybridized carbons (Fsp3) is 0.462. The summed E-state index contributed by atoms with van der Waals surface area (Å²) in [5.41, 5.74) is -0.673. The first-order valence-corrected chi connectivity index (χ1v) is 5.58. The molecule has 0 aliphatic heterocycles. The van der Waals surface area contributed by atoms with Crippen molar-refractivity contribution in [2.75, 3.05) is 32.7 Å². The second-order valence-corrected chi connectivity index (χ2v) is 4.45. The van der Waals surface area contributed by atoms with Crippen molar-refractivity contribution in [2.24, 2.45) is 0 Å². The molecule has 0 spiro atoms. The number of hydrogen-bond acceptors (Lipinski definition) is 5. The number of rotatable bonds is 5. The Morgan fingerprint density at radius 1 is 1.44 bits per heavy atom. The number of ether oxygens (including phenoxy) is 2. The highest BCUT2D eigenvalue weighted by atomic mass is 16.6. The van der Waals surface area contributed by atoms with Crippen LogP contribution in [0, 0.1) is 0 Å². The van der Waals surface area contributed by atoms with E-state index in [4.69, 9.17) is 4.74 Å². The van der Waals surface area contributed by atoms with Crippen molar-refractivity contribution < 1.29 is 19.4 Å². The number of methoxy groups -OCH3 is 1. The molecular formula is C13H19NO4. The van der Waals surface area contributed by atoms with Crippen LogP contribution >= 0.6 is 0 Å². The van der Waals surface area contributed by atoms with Crippen molar-refractivity contribution in [3.05, 3.63) is 24.3 Å². The fourth-order valence-corrected chi connectivity index (χ4v) is 1.35. The summed E-state index contributed by atoms with van der Waals surface area (Å²) in [6.45, 7) is 1.20. The molecule has 1 aromatic carbocycles. The number of hydrogen-bond donors (Lipinski definition) is 1. The summed E-state index contributed by atoms with van der Waals surface area (Å²) in [4.78, 5) is 13.2. The van der Waals surface area contributed by atoms with Gasteiger partial charge in [-0.1, -0.05) is 6.07 Å². The highest BCUT2D eigenvalue weighted by Crippen LogP contribution is 2.20. The van der Waals surface area contributed by atoms with Gasteiger partial charge in [0.25, 0.3) is 0 Å². The monoisotopic (exact) mass is 253 g/mol. The zero-order valence-electron chi connectivity index (χ0n) is 11.1. The zero-order chi connectivity index (χ0) is 13.8. The summed E-state index contributed by atoms with van der Waals surface area (Å²) in [5, 5.41) is 9.81. The Balaban J connectivity index is 2.69. The van der Waals surface area contributed by atoms with E-state index in [0.717, 1.165) is 5.69 Å². The molecule has 0 aromatic heterocycles. The third-order valence-corrected chi connectivity index (χ3v) is 2.48. The number of carbonyl (C=O) groups is 1. The summed E-state index contributed by atoms with van der Waals surface area (Å²) in [6.07, 6.45) is 0. The van der Waals surface area contributed by atoms with Crippen LogP contribution in [-0.2, 0) is 9.53 Å². The summed E-state index contributed by atoms with van der Waals surface area (Å²) in [5.74, 6) is -0.128. The molecule has 0 aliphatic carbocycles. The second kappa shape index (κ2) is 5.73. The highest BCUT2D eigenvalue weighted by Gasteiger charge is 2.32. The van der Waals surface area contributed by atoms with E-state index in [1.54, 1.807) is 6.07 Å². The molecule has 1 rings (SSSR count). The number of aliphatic hydroxyl groups is 1. The van der Waals surface area contributed by atoms with E-state index in [-0.39, 0.29) is 6.61 Å². The minimum Gasteiger partial charge on any atom is -0.490 e. The molecule has 0 heterocycles. The Morgan fingerprint density at radius 3 is 2.67 bits per heavy atom. The molecule has 0 saturated heterocycles. The standard InChI is InChI=1S/C13H19NO4/c1-13(16,12(15)17-4)9-18-11-7-5-6-10(8-11)14(2)3/h5-8,16H,9H2,1-4H3. The first-order chi connectivity index (χ1) is 8.36. The van der Waals surface area contributed by atoms with E-state index in [2.05, 4.69) is 4.74 Å². The molecule has 1 N–H and O–H groups in total. The Kier molecular flexibility index (Phi) is 4.55. The normalized spacial score (nSPS) is 13.6. The summed E-state index contributed by atoms with van der Waals surface area (Å²) < 4.78 is 9.90. The van der Waals surface area contributed by atoms with Crippen molar-refractivity contribution in [3.8, 4) is 5.75 Å². The molecule has 18 heavy (non-hydrogen) atoms. The quantitative estimate of drug-likeness (QED) is 0.795. The van der Waals surface area contributed by atoms with Gasteiger partial charge < -0.3 is 19.5 Å². The van der Waals surface area contributed by atoms with Crippen molar-refractivity contribution in [3.63, 3.8) is 0 Å². The first-order valence-electron chi connectivity index (χ1n) is 5.58. The number of esters is 1. The summed E-state index contributed by atoms with van der Waals surface area (Å²) >= 11 is 0. The molecule has 0 radical (unpaired) electrons. The third kappa shape index (κ3) is 3.63. The van der Waals surface area contributed by atoms with Crippen molar-refractivity contribution in [1.29, 1.82) is 0 Å². The van der Waals surface area contributed by atoms with Gasteiger partial charge in [0.2, 0.25) is 0 Å². The SMILES string of the molecule is COC(=O)C(C)(O)COc1cccc(N(C)C)c1. The average Bonchev–Trinajstić information content (AvgIpc) is 2.35. The molecule has 1 atom stereocenters. The van der Waals surface area contributed by atoms with E-state index < -0.39 is 11.6 Å². The lowest BCUT2D eigenvalue weighted by molar-refractivity contribution is -0.163. The van der Waals surface area contributed by atoms with E-state index in [0.29, 0.717) is 5.75 Å². The molecule has 100 valence electrons. The average molecular weight is 253 g/mol. The Hall–Kier alpha value is -1.75. The maximum Gasteiger partial charge on any atom is 0.341 e. The molecule has 0 bridgehead atoms. The number of benzene rings is 1. The van der Waals surface area contributed by atoms with E-state index >= 15 is 0 Å². The predicted molar refractivity (Wildman–Crippen MR) is 68.9 cm³/mol. The lowest BCUT2D eigenvalue weighted by Crippen LogP contribution is -2.42. The van der Waals surface area contributed by atoms with Crippen LogP contribution < -0.4 is 9.64 Å². The smallest absolute Gasteiger partial charge is 0.341 e. The lowest BCUT2D eigenvalue weighted by Gasteiger charge is -2.21. The summed E-state index contributed by atoms with van der Waals surface area (Å²) in [6, 6.07) is 7.37. The third-order valence-electron chi connectivity index (χ3n) is 2.48. The van der Waals surface area contributed by atoms with Gasteiger partial charge in [-0.3, -0.25) is 0 Å². The molecule has 0 aliphatic rings. The Labute approximate surface area is 107 Å². The van der Waals surface area contributed by atoms with Crippen LogP contribution in [0.2, 0.25) is 0 Å². The fourth-order valence-electron chi connectivity index (χ4n) is 1.35. The van der Waals surface area contributed by atoms with Crippen LogP contribution in [0.1, 0.15) is 6.92 Å². The number of nitrogens with zero attached hydrogens (tertiary/aromatic N) is 1. The molecule has 5 heteroatoms. The minimum absolute atomic E-state index is 0.156. The van der Waals surface area contributed by atoms with Gasteiger partial charge in [0.15, 0.2) is 5.60 Å². The number of anilines is 1. The van der Waals surface area contributed by atoms with E-state index in [1.165, 1.54) is 14.0 Å². The van der Waals surface area contributed by atoms with Crippen LogP contribution in [0.5, 0.6) is 5.75 Å². The van der Waals surface area contributed by atoms with E-state index in [1.807, 2.05) is 37.2 Å². The van der Waals surface area contributed by atoms with Crippen LogP contribution in [0.15, 0.2) is 24.3 Å². The molecular weight excluding hydrogens is 234 g/mol. The van der Waals surface area contributed by atoms with Gasteiger partial charge in [-0.15, -0.1) is 0 Å². The molecule has 1 unspecified atom stereocenters. The van der Waals surface area contributed by atoms with Gasteiger partial charge in [-0.25, -0.2) is 4.79 Å². The Morgan fingerprint density at radius 2 is 2.11 bits per heavy atom. The maximum atomic E-state index is 11.3. The van der Waals surface area contributed by atoms with Crippen LogP contribution in [0.25, 0.3) is 0 Å². The van der Waals surface area contributed by atoms with Gasteiger partial charge in [0, 0.05) is 25.8 Å². The maximum absolute atomic E-state index is 11.3. The van der Waals surface area contributed by atoms with Gasteiger partial charge in [0.1, 0.15) is 12.4 Å². The van der Waals surface area contributed by atoms with Gasteiger partial charge >= 0.3 is 5.97 Å². The van der Waals surface area contributed by atoms with Gasteiger partial charge in [-0.2, -0.15) is 0 Å². The first kappa shape index (κ1) is 14.3. The topological polar surface area (TPSA) is 59.0 Å². The minimum atomic E-state index is -1.65. The van der Waals surface area contributed by atoms with Crippen LogP contribution in [-0.4, -0.2) is 44.5 Å². The van der Waals surface area contributed by atoms with Crippen LogP contribution in [0.3, 0.4) is 0 Å². The molecule has 0 amide bonds. The predicted octanol–water partition coefficient (Wildman–Crippen LogP) is 1.06. The number of carbonyl (C=O) groups excluding carboxylic acids is 1. The van der Waals surface area contributed by atoms with E-state index in [9.17, 15) is 9.90 Å². The lowest BCUT2D eigenvalue weighted by atomic mass is 10.1. The Bertz CT molecular complexity index is 415. The molecule has 0 saturated carbocycles. The van der Waals surface area contributed by atoms with Crippen molar-refractivity contribution in [1.82, 2.24) is 0 Å². The largest absolute Gasteiger partial charge is 0.490 e. The van der Waals surface area contributed by atoms with Crippen molar-refractivity contribution in [2.45, 2.75) is 12.5 Å². The highest BCUT2D eigenvalue weighted by molar-refractivity contribution is 5.78. The molecule has 0 fully saturated rings.